The Morgan fingerprint density at radius 3 is 2.48 bits per heavy atom. The maximum atomic E-state index is 12.4. The van der Waals surface area contributed by atoms with Crippen molar-refractivity contribution < 1.29 is 4.79 Å². The summed E-state index contributed by atoms with van der Waals surface area (Å²) in [6, 6.07) is 1.70. The van der Waals surface area contributed by atoms with Crippen LogP contribution in [0.1, 0.15) is 6.42 Å². The minimum Gasteiger partial charge on any atom is -0.352 e. The van der Waals surface area contributed by atoms with Gasteiger partial charge in [0, 0.05) is 38.9 Å². The minimum absolute atomic E-state index is 0. The second-order valence-electron chi connectivity index (χ2n) is 5.46. The molecule has 0 radical (unpaired) electrons. The van der Waals surface area contributed by atoms with E-state index < -0.39 is 0 Å². The Morgan fingerprint density at radius 2 is 1.91 bits per heavy atom. The fourth-order valence-electron chi connectivity index (χ4n) is 2.90. The molecular formula is C14H20Cl4N4O. The Bertz CT molecular complexity index is 532. The van der Waals surface area contributed by atoms with E-state index in [1.807, 2.05) is 4.90 Å². The fourth-order valence-corrected chi connectivity index (χ4v) is 3.40. The number of piperazine rings is 1. The molecule has 1 N–H and O–H groups in total. The standard InChI is InChI=1S/C14H18Cl2N4O.2ClH/c15-11-7-12(16)13(18-9-11)19-3-5-20(6-4-19)14(21)10-1-2-17-8-10;;/h7,9-10,17H,1-6,8H2;2*1H. The van der Waals surface area contributed by atoms with E-state index >= 15 is 0 Å². The molecule has 0 bridgehead atoms. The lowest BCUT2D eigenvalue weighted by atomic mass is 10.1. The van der Waals surface area contributed by atoms with Crippen LogP contribution in [0, 0.1) is 5.92 Å². The smallest absolute Gasteiger partial charge is 0.227 e. The number of carbonyl (C=O) groups is 1. The van der Waals surface area contributed by atoms with Gasteiger partial charge in [-0.2, -0.15) is 0 Å². The molecule has 3 rings (SSSR count). The number of amides is 1. The summed E-state index contributed by atoms with van der Waals surface area (Å²) >= 11 is 12.1. The molecule has 0 aliphatic carbocycles. The maximum Gasteiger partial charge on any atom is 0.227 e. The first-order valence-corrected chi connectivity index (χ1v) is 7.96. The number of hydrogen-bond acceptors (Lipinski definition) is 4. The van der Waals surface area contributed by atoms with Crippen molar-refractivity contribution in [3.63, 3.8) is 0 Å². The lowest BCUT2D eigenvalue weighted by Gasteiger charge is -2.36. The van der Waals surface area contributed by atoms with Gasteiger partial charge in [-0.05, 0) is 19.0 Å². The topological polar surface area (TPSA) is 48.5 Å². The molecule has 2 saturated heterocycles. The van der Waals surface area contributed by atoms with Crippen molar-refractivity contribution in [2.45, 2.75) is 6.42 Å². The zero-order valence-electron chi connectivity index (χ0n) is 12.5. The summed E-state index contributed by atoms with van der Waals surface area (Å²) in [5.41, 5.74) is 0. The lowest BCUT2D eigenvalue weighted by molar-refractivity contribution is -0.135. The molecular weight excluding hydrogens is 382 g/mol. The number of nitrogens with zero attached hydrogens (tertiary/aromatic N) is 3. The number of pyridine rings is 1. The first-order chi connectivity index (χ1) is 10.1. The molecule has 1 atom stereocenters. The average molecular weight is 402 g/mol. The van der Waals surface area contributed by atoms with Gasteiger partial charge in [0.1, 0.15) is 5.82 Å². The van der Waals surface area contributed by atoms with Crippen LogP contribution in [0.25, 0.3) is 0 Å². The van der Waals surface area contributed by atoms with Crippen LogP contribution >= 0.6 is 48.0 Å². The molecule has 2 aliphatic rings. The van der Waals surface area contributed by atoms with Crippen LogP contribution in [0.15, 0.2) is 12.3 Å². The van der Waals surface area contributed by atoms with Gasteiger partial charge >= 0.3 is 0 Å². The molecule has 2 fully saturated rings. The average Bonchev–Trinajstić information content (AvgIpc) is 3.01. The summed E-state index contributed by atoms with van der Waals surface area (Å²) in [5, 5.41) is 4.33. The summed E-state index contributed by atoms with van der Waals surface area (Å²) in [5.74, 6) is 1.17. The van der Waals surface area contributed by atoms with Gasteiger partial charge in [-0.25, -0.2) is 4.98 Å². The Morgan fingerprint density at radius 1 is 1.22 bits per heavy atom. The lowest BCUT2D eigenvalue weighted by Crippen LogP contribution is -2.51. The Balaban J connectivity index is 0.00000132. The summed E-state index contributed by atoms with van der Waals surface area (Å²) in [7, 11) is 0. The van der Waals surface area contributed by atoms with Gasteiger partial charge in [0.2, 0.25) is 5.91 Å². The van der Waals surface area contributed by atoms with Gasteiger partial charge < -0.3 is 15.1 Å². The van der Waals surface area contributed by atoms with Gasteiger partial charge in [0.25, 0.3) is 0 Å². The Hall–Kier alpha value is -0.460. The van der Waals surface area contributed by atoms with Gasteiger partial charge in [0.15, 0.2) is 0 Å². The molecule has 0 saturated carbocycles. The van der Waals surface area contributed by atoms with Crippen molar-refractivity contribution in [2.75, 3.05) is 44.2 Å². The van der Waals surface area contributed by atoms with Crippen LogP contribution in [0.3, 0.4) is 0 Å². The van der Waals surface area contributed by atoms with Crippen molar-refractivity contribution >= 4 is 59.7 Å². The third-order valence-electron chi connectivity index (χ3n) is 4.09. The predicted molar refractivity (Wildman–Crippen MR) is 98.5 cm³/mol. The van der Waals surface area contributed by atoms with Crippen molar-refractivity contribution in [3.8, 4) is 0 Å². The normalized spacial score (nSPS) is 20.7. The number of anilines is 1. The first kappa shape index (κ1) is 20.6. The largest absolute Gasteiger partial charge is 0.352 e. The molecule has 0 aromatic carbocycles. The molecule has 23 heavy (non-hydrogen) atoms. The fraction of sp³-hybridized carbons (Fsp3) is 0.571. The monoisotopic (exact) mass is 400 g/mol. The highest BCUT2D eigenvalue weighted by Crippen LogP contribution is 2.27. The van der Waals surface area contributed by atoms with Gasteiger partial charge in [-0.3, -0.25) is 4.79 Å². The van der Waals surface area contributed by atoms with E-state index in [0.29, 0.717) is 10.0 Å². The minimum atomic E-state index is 0. The zero-order chi connectivity index (χ0) is 14.8. The number of rotatable bonds is 2. The number of halogens is 4. The SMILES string of the molecule is Cl.Cl.O=C(C1CCNC1)N1CCN(c2ncc(Cl)cc2Cl)CC1. The molecule has 1 aromatic rings. The number of aromatic nitrogens is 1. The Labute approximate surface area is 158 Å². The second kappa shape index (κ2) is 9.14. The van der Waals surface area contributed by atoms with E-state index in [1.54, 1.807) is 12.3 Å². The molecule has 5 nitrogen and oxygen atoms in total. The molecule has 2 aliphatic heterocycles. The van der Waals surface area contributed by atoms with E-state index in [4.69, 9.17) is 23.2 Å². The van der Waals surface area contributed by atoms with E-state index in [2.05, 4.69) is 15.2 Å². The summed E-state index contributed by atoms with van der Waals surface area (Å²) < 4.78 is 0. The summed E-state index contributed by atoms with van der Waals surface area (Å²) in [6.07, 6.45) is 2.55. The van der Waals surface area contributed by atoms with Crippen molar-refractivity contribution in [1.82, 2.24) is 15.2 Å². The predicted octanol–water partition coefficient (Wildman–Crippen LogP) is 2.49. The number of carbonyl (C=O) groups excluding carboxylic acids is 1. The van der Waals surface area contributed by atoms with E-state index in [-0.39, 0.29) is 36.6 Å². The van der Waals surface area contributed by atoms with E-state index in [0.717, 1.165) is 51.5 Å². The molecule has 9 heteroatoms. The van der Waals surface area contributed by atoms with Crippen LogP contribution in [-0.4, -0.2) is 55.1 Å². The molecule has 0 spiro atoms. The van der Waals surface area contributed by atoms with E-state index in [1.165, 1.54) is 0 Å². The summed E-state index contributed by atoms with van der Waals surface area (Å²) in [4.78, 5) is 20.7. The van der Waals surface area contributed by atoms with Gasteiger partial charge in [-0.15, -0.1) is 24.8 Å². The quantitative estimate of drug-likeness (QED) is 0.826. The van der Waals surface area contributed by atoms with Gasteiger partial charge in [-0.1, -0.05) is 23.2 Å². The zero-order valence-corrected chi connectivity index (χ0v) is 15.6. The first-order valence-electron chi connectivity index (χ1n) is 7.20. The van der Waals surface area contributed by atoms with Crippen LogP contribution < -0.4 is 10.2 Å². The third kappa shape index (κ3) is 4.77. The molecule has 1 amide bonds. The Kier molecular flexibility index (Phi) is 8.18. The van der Waals surface area contributed by atoms with Crippen molar-refractivity contribution in [2.24, 2.45) is 5.92 Å². The van der Waals surface area contributed by atoms with Crippen LogP contribution in [0.2, 0.25) is 10.0 Å². The maximum absolute atomic E-state index is 12.4. The molecule has 1 unspecified atom stereocenters. The molecule has 130 valence electrons. The van der Waals surface area contributed by atoms with Crippen molar-refractivity contribution in [1.29, 1.82) is 0 Å². The van der Waals surface area contributed by atoms with Crippen LogP contribution in [0.4, 0.5) is 5.82 Å². The van der Waals surface area contributed by atoms with Crippen molar-refractivity contribution in [3.05, 3.63) is 22.3 Å². The summed E-state index contributed by atoms with van der Waals surface area (Å²) in [6.45, 7) is 4.69. The molecule has 3 heterocycles. The second-order valence-corrected chi connectivity index (χ2v) is 6.30. The number of hydrogen-bond donors (Lipinski definition) is 1. The number of nitrogens with one attached hydrogen (secondary N) is 1. The van der Waals surface area contributed by atoms with E-state index in [9.17, 15) is 4.79 Å². The van der Waals surface area contributed by atoms with Gasteiger partial charge in [0.05, 0.1) is 16.0 Å². The highest BCUT2D eigenvalue weighted by molar-refractivity contribution is 6.36. The third-order valence-corrected chi connectivity index (χ3v) is 4.57. The highest BCUT2D eigenvalue weighted by atomic mass is 35.5. The van der Waals surface area contributed by atoms with Crippen LogP contribution in [-0.2, 0) is 4.79 Å². The van der Waals surface area contributed by atoms with Crippen LogP contribution in [0.5, 0.6) is 0 Å². The highest BCUT2D eigenvalue weighted by Gasteiger charge is 2.29. The molecule has 1 aromatic heterocycles.